The van der Waals surface area contributed by atoms with Gasteiger partial charge in [-0.1, -0.05) is 0 Å². The van der Waals surface area contributed by atoms with Crippen molar-refractivity contribution in [3.05, 3.63) is 58.5 Å². The van der Waals surface area contributed by atoms with Crippen molar-refractivity contribution in [2.24, 2.45) is 5.92 Å². The first-order valence-corrected chi connectivity index (χ1v) is 12.9. The van der Waals surface area contributed by atoms with Gasteiger partial charge in [-0.25, -0.2) is 14.3 Å². The van der Waals surface area contributed by atoms with Gasteiger partial charge in [0.15, 0.2) is 11.4 Å². The number of carbonyl (C=O) groups is 2. The second kappa shape index (κ2) is 10.2. The molecular weight excluding hydrogens is 518 g/mol. The summed E-state index contributed by atoms with van der Waals surface area (Å²) in [6.07, 6.45) is 4.81. The zero-order chi connectivity index (χ0) is 28.8. The number of Topliss-reactive ketones (excluding diaryl/α,β-unsaturated/α-hetero) is 1. The molecule has 210 valence electrons. The number of hydrogen-bond acceptors (Lipinski definition) is 10. The van der Waals surface area contributed by atoms with Gasteiger partial charge in [0.05, 0.1) is 23.6 Å². The van der Waals surface area contributed by atoms with Crippen molar-refractivity contribution in [2.75, 3.05) is 17.3 Å². The first kappa shape index (κ1) is 27.1. The third kappa shape index (κ3) is 5.32. The third-order valence-corrected chi connectivity index (χ3v) is 6.61. The fraction of sp³-hybridized carbons (Fsp3) is 0.407. The zero-order valence-electron chi connectivity index (χ0n) is 22.9. The predicted molar refractivity (Wildman–Crippen MR) is 145 cm³/mol. The van der Waals surface area contributed by atoms with Crippen molar-refractivity contribution in [1.82, 2.24) is 24.1 Å². The molecule has 1 amide bonds. The van der Waals surface area contributed by atoms with Crippen LogP contribution in [-0.4, -0.2) is 59.9 Å². The van der Waals surface area contributed by atoms with Crippen molar-refractivity contribution < 1.29 is 23.8 Å². The van der Waals surface area contributed by atoms with Crippen LogP contribution in [0.25, 0.3) is 11.7 Å². The second-order valence-electron chi connectivity index (χ2n) is 10.9. The highest BCUT2D eigenvalue weighted by Gasteiger charge is 2.32. The summed E-state index contributed by atoms with van der Waals surface area (Å²) >= 11 is 0. The number of aliphatic hydroxyl groups is 1. The average molecular weight is 550 g/mol. The molecule has 1 aliphatic carbocycles. The summed E-state index contributed by atoms with van der Waals surface area (Å²) in [6.45, 7) is 7.01. The van der Waals surface area contributed by atoms with E-state index in [0.29, 0.717) is 12.1 Å². The molecule has 0 aromatic carbocycles. The first-order chi connectivity index (χ1) is 18.9. The number of nitrogens with zero attached hydrogens (tertiary/aromatic N) is 6. The minimum absolute atomic E-state index is 0.113. The SMILES string of the molecule is Cc1coc(-n2cccc(Nc3cc(N(C)C(=O)OC(C)(C)C)n4ncc(C(=O)CC5CC[C@H]5O)c4n3)c2=O)n1. The van der Waals surface area contributed by atoms with Gasteiger partial charge in [0.2, 0.25) is 0 Å². The van der Waals surface area contributed by atoms with Crippen molar-refractivity contribution in [1.29, 1.82) is 0 Å². The molecule has 5 rings (SSSR count). The minimum atomic E-state index is -0.749. The molecule has 2 atom stereocenters. The molecule has 1 aliphatic rings. The van der Waals surface area contributed by atoms with E-state index in [1.165, 1.54) is 45.8 Å². The number of ether oxygens (including phenoxy) is 1. The monoisotopic (exact) mass is 549 g/mol. The topological polar surface area (TPSA) is 157 Å². The van der Waals surface area contributed by atoms with E-state index >= 15 is 0 Å². The average Bonchev–Trinajstić information content (AvgIpc) is 3.52. The first-order valence-electron chi connectivity index (χ1n) is 12.9. The molecule has 2 N–H and O–H groups in total. The number of ketones is 1. The number of pyridine rings is 1. The highest BCUT2D eigenvalue weighted by molar-refractivity contribution is 6.02. The highest BCUT2D eigenvalue weighted by atomic mass is 16.6. The fourth-order valence-corrected chi connectivity index (χ4v) is 4.34. The maximum atomic E-state index is 13.2. The number of aromatic nitrogens is 5. The van der Waals surface area contributed by atoms with Gasteiger partial charge >= 0.3 is 12.1 Å². The number of nitrogens with one attached hydrogen (secondary N) is 1. The Balaban J connectivity index is 1.56. The van der Waals surface area contributed by atoms with E-state index in [0.717, 1.165) is 6.42 Å². The van der Waals surface area contributed by atoms with Crippen LogP contribution in [0.1, 0.15) is 56.1 Å². The Hall–Kier alpha value is -4.52. The Morgan fingerprint density at radius 3 is 2.67 bits per heavy atom. The molecule has 4 aromatic rings. The number of fused-ring (bicyclic) bond motifs is 1. The lowest BCUT2D eigenvalue weighted by Crippen LogP contribution is -2.35. The second-order valence-corrected chi connectivity index (χ2v) is 10.9. The fourth-order valence-electron chi connectivity index (χ4n) is 4.34. The van der Waals surface area contributed by atoms with Crippen LogP contribution in [0.4, 0.5) is 22.1 Å². The molecule has 0 aliphatic heterocycles. The summed E-state index contributed by atoms with van der Waals surface area (Å²) in [5.41, 5.74) is 0.00872. The van der Waals surface area contributed by atoms with Gasteiger partial charge in [0.1, 0.15) is 29.2 Å². The summed E-state index contributed by atoms with van der Waals surface area (Å²) in [7, 11) is 1.51. The molecule has 4 aromatic heterocycles. The van der Waals surface area contributed by atoms with Crippen molar-refractivity contribution >= 4 is 34.8 Å². The molecule has 0 saturated heterocycles. The Kier molecular flexibility index (Phi) is 6.92. The Labute approximate surface area is 229 Å². The lowest BCUT2D eigenvalue weighted by Gasteiger charge is -2.31. The highest BCUT2D eigenvalue weighted by Crippen LogP contribution is 2.32. The number of anilines is 3. The number of aryl methyl sites for hydroxylation is 1. The van der Waals surface area contributed by atoms with E-state index in [-0.39, 0.29) is 52.7 Å². The molecule has 1 unspecified atom stereocenters. The standard InChI is InChI=1S/C27H31N7O6/c1-15-14-39-25(29-15)33-10-6-7-18(24(33)37)30-21-12-22(32(5)26(38)40-27(2,3)4)34-23(31-21)17(13-28-34)20(36)11-16-8-9-19(16)35/h6-7,10,12-14,16,19,35H,8-9,11H2,1-5H3,(H,30,31)/t16?,19-/m1/s1. The molecule has 1 fully saturated rings. The number of oxazole rings is 1. The van der Waals surface area contributed by atoms with Gasteiger partial charge in [0.25, 0.3) is 5.56 Å². The van der Waals surface area contributed by atoms with Gasteiger partial charge in [-0.2, -0.15) is 14.6 Å². The maximum Gasteiger partial charge on any atom is 0.415 e. The molecular formula is C27H31N7O6. The lowest BCUT2D eigenvalue weighted by atomic mass is 9.78. The largest absolute Gasteiger partial charge is 0.443 e. The van der Waals surface area contributed by atoms with E-state index in [9.17, 15) is 19.5 Å². The molecule has 13 nitrogen and oxygen atoms in total. The van der Waals surface area contributed by atoms with Crippen LogP contribution in [0.15, 0.2) is 46.1 Å². The van der Waals surface area contributed by atoms with Gasteiger partial charge in [-0.15, -0.1) is 0 Å². The van der Waals surface area contributed by atoms with Crippen LogP contribution < -0.4 is 15.8 Å². The number of amides is 1. The maximum absolute atomic E-state index is 13.2. The number of aliphatic hydroxyl groups excluding tert-OH is 1. The molecule has 0 bridgehead atoms. The summed E-state index contributed by atoms with van der Waals surface area (Å²) in [4.78, 5) is 49.4. The van der Waals surface area contributed by atoms with E-state index in [4.69, 9.17) is 9.15 Å². The summed E-state index contributed by atoms with van der Waals surface area (Å²) in [5, 5.41) is 17.3. The van der Waals surface area contributed by atoms with E-state index in [1.54, 1.807) is 39.8 Å². The van der Waals surface area contributed by atoms with Gasteiger partial charge < -0.3 is 19.6 Å². The van der Waals surface area contributed by atoms with Gasteiger partial charge in [-0.3, -0.25) is 14.5 Å². The van der Waals surface area contributed by atoms with E-state index < -0.39 is 23.4 Å². The van der Waals surface area contributed by atoms with Crippen LogP contribution in [0.5, 0.6) is 0 Å². The number of carbonyl (C=O) groups excluding carboxylic acids is 2. The van der Waals surface area contributed by atoms with Crippen LogP contribution in [0, 0.1) is 12.8 Å². The Bertz CT molecular complexity index is 1650. The minimum Gasteiger partial charge on any atom is -0.443 e. The molecule has 13 heteroatoms. The molecule has 4 heterocycles. The Morgan fingerprint density at radius 2 is 2.05 bits per heavy atom. The van der Waals surface area contributed by atoms with Crippen molar-refractivity contribution in [3.8, 4) is 6.01 Å². The number of hydrogen-bond donors (Lipinski definition) is 2. The molecule has 0 radical (unpaired) electrons. The van der Waals surface area contributed by atoms with Crippen LogP contribution >= 0.6 is 0 Å². The Morgan fingerprint density at radius 1 is 1.27 bits per heavy atom. The summed E-state index contributed by atoms with van der Waals surface area (Å²) < 4.78 is 13.5. The lowest BCUT2D eigenvalue weighted by molar-refractivity contribution is 0.0199. The van der Waals surface area contributed by atoms with E-state index in [2.05, 4.69) is 20.4 Å². The van der Waals surface area contributed by atoms with Gasteiger partial charge in [0, 0.05) is 25.7 Å². The quantitative estimate of drug-likeness (QED) is 0.326. The summed E-state index contributed by atoms with van der Waals surface area (Å²) in [5.74, 6) is 0.100. The normalized spacial score (nSPS) is 16.9. The molecule has 0 spiro atoms. The zero-order valence-corrected chi connectivity index (χ0v) is 22.9. The van der Waals surface area contributed by atoms with Crippen molar-refractivity contribution in [2.45, 2.75) is 58.7 Å². The summed E-state index contributed by atoms with van der Waals surface area (Å²) in [6, 6.07) is 4.85. The van der Waals surface area contributed by atoms with E-state index in [1.807, 2.05) is 0 Å². The van der Waals surface area contributed by atoms with Crippen LogP contribution in [-0.2, 0) is 4.74 Å². The number of rotatable bonds is 7. The van der Waals surface area contributed by atoms with Crippen LogP contribution in [0.3, 0.4) is 0 Å². The van der Waals surface area contributed by atoms with Crippen LogP contribution in [0.2, 0.25) is 0 Å². The molecule has 1 saturated carbocycles. The third-order valence-electron chi connectivity index (χ3n) is 6.61. The predicted octanol–water partition coefficient (Wildman–Crippen LogP) is 3.64. The smallest absolute Gasteiger partial charge is 0.415 e. The van der Waals surface area contributed by atoms with Crippen molar-refractivity contribution in [3.63, 3.8) is 0 Å². The van der Waals surface area contributed by atoms with Gasteiger partial charge in [-0.05, 0) is 58.6 Å². The molecule has 40 heavy (non-hydrogen) atoms.